The lowest BCUT2D eigenvalue weighted by Gasteiger charge is -2.35. The Morgan fingerprint density at radius 1 is 1.37 bits per heavy atom. The lowest BCUT2D eigenvalue weighted by Crippen LogP contribution is -2.38. The lowest BCUT2D eigenvalue weighted by molar-refractivity contribution is -0.124. The monoisotopic (exact) mass is 420 g/mol. The van der Waals surface area contributed by atoms with Crippen LogP contribution in [-0.2, 0) is 14.9 Å². The molecule has 0 spiro atoms. The summed E-state index contributed by atoms with van der Waals surface area (Å²) in [5.41, 5.74) is 4.69. The molecule has 2 unspecified atom stereocenters. The number of rotatable bonds is 6. The van der Waals surface area contributed by atoms with Gasteiger partial charge in [0.05, 0.1) is 0 Å². The number of primary amides is 1. The molecule has 1 aliphatic heterocycles. The van der Waals surface area contributed by atoms with E-state index >= 15 is 0 Å². The van der Waals surface area contributed by atoms with E-state index in [9.17, 15) is 22.8 Å². The molecule has 2 aliphatic rings. The van der Waals surface area contributed by atoms with Crippen molar-refractivity contribution in [3.63, 3.8) is 0 Å². The number of amides is 1. The summed E-state index contributed by atoms with van der Waals surface area (Å²) in [6.45, 7) is 1.85. The van der Waals surface area contributed by atoms with Gasteiger partial charge in [-0.05, 0) is 18.9 Å². The zero-order chi connectivity index (χ0) is 22.2. The SMILES string of the molecule is CCC1(c2c(C(N)=O)cccc2[N+]2(C)C=C(OC=O)C(C(F)(F)F)=N2)C=CC=CC1. The molecule has 1 heterocycles. The van der Waals surface area contributed by atoms with E-state index in [0.717, 1.165) is 6.20 Å². The van der Waals surface area contributed by atoms with E-state index in [4.69, 9.17) is 5.73 Å². The Bertz CT molecular complexity index is 1010. The Labute approximate surface area is 171 Å². The normalized spacial score (nSPS) is 25.6. The van der Waals surface area contributed by atoms with Gasteiger partial charge in [-0.1, -0.05) is 42.4 Å². The third-order valence-electron chi connectivity index (χ3n) is 5.42. The molecule has 1 aromatic carbocycles. The summed E-state index contributed by atoms with van der Waals surface area (Å²) in [5, 5.41) is 3.84. The zero-order valence-corrected chi connectivity index (χ0v) is 16.4. The van der Waals surface area contributed by atoms with Gasteiger partial charge in [-0.3, -0.25) is 9.59 Å². The topological polar surface area (TPSA) is 81.8 Å². The molecule has 3 rings (SSSR count). The number of ether oxygens (including phenoxy) is 1. The molecule has 6 nitrogen and oxygen atoms in total. The fourth-order valence-corrected chi connectivity index (χ4v) is 3.97. The van der Waals surface area contributed by atoms with Gasteiger partial charge in [0, 0.05) is 22.6 Å². The highest BCUT2D eigenvalue weighted by Crippen LogP contribution is 2.46. The van der Waals surface area contributed by atoms with Gasteiger partial charge in [0.1, 0.15) is 7.05 Å². The molecule has 0 aromatic heterocycles. The molecule has 9 heteroatoms. The molecule has 1 amide bonds. The third kappa shape index (κ3) is 3.56. The minimum Gasteiger partial charge on any atom is -0.420 e. The van der Waals surface area contributed by atoms with Gasteiger partial charge in [-0.2, -0.15) is 13.2 Å². The van der Waals surface area contributed by atoms with Crippen molar-refractivity contribution < 1.29 is 27.5 Å². The van der Waals surface area contributed by atoms with Crippen LogP contribution in [-0.4, -0.2) is 31.3 Å². The Kier molecular flexibility index (Phi) is 5.42. The standard InChI is InChI=1S/C21H20F3N3O3/c1-3-20(10-5-4-6-11-20)17-14(19(25)29)8-7-9-15(17)27(2)12-16(30-13-28)18(26-27)21(22,23)24/h4-10,12-13H,3,11H2,1-2H3,(H-,25,29)/p+1. The minimum atomic E-state index is -4.83. The van der Waals surface area contributed by atoms with Gasteiger partial charge >= 0.3 is 6.18 Å². The second-order valence-electron chi connectivity index (χ2n) is 7.25. The van der Waals surface area contributed by atoms with E-state index in [0.29, 0.717) is 24.1 Å². The molecule has 30 heavy (non-hydrogen) atoms. The molecule has 0 radical (unpaired) electrons. The maximum atomic E-state index is 13.5. The Hall–Kier alpha value is -3.20. The first kappa shape index (κ1) is 21.5. The maximum Gasteiger partial charge on any atom is 0.442 e. The molecular weight excluding hydrogens is 399 g/mol. The highest BCUT2D eigenvalue weighted by molar-refractivity contribution is 6.05. The number of nitrogens with two attached hydrogens (primary N) is 1. The van der Waals surface area contributed by atoms with Crippen molar-refractivity contribution in [2.75, 3.05) is 7.05 Å². The first-order valence-corrected chi connectivity index (χ1v) is 9.23. The number of allylic oxidation sites excluding steroid dienone is 5. The summed E-state index contributed by atoms with van der Waals surface area (Å²) < 4.78 is 44.5. The van der Waals surface area contributed by atoms with E-state index in [1.807, 2.05) is 31.2 Å². The first-order chi connectivity index (χ1) is 14.1. The summed E-state index contributed by atoms with van der Waals surface area (Å²) in [7, 11) is 1.42. The summed E-state index contributed by atoms with van der Waals surface area (Å²) >= 11 is 0. The molecule has 0 saturated heterocycles. The fraction of sp³-hybridized carbons (Fsp3) is 0.286. The summed E-state index contributed by atoms with van der Waals surface area (Å²) in [6, 6.07) is 4.69. The van der Waals surface area contributed by atoms with Crippen molar-refractivity contribution in [1.82, 2.24) is 4.59 Å². The van der Waals surface area contributed by atoms with Crippen LogP contribution in [0.15, 0.2) is 59.6 Å². The van der Waals surface area contributed by atoms with Crippen LogP contribution in [0.1, 0.15) is 35.7 Å². The lowest BCUT2D eigenvalue weighted by atomic mass is 9.70. The van der Waals surface area contributed by atoms with Crippen molar-refractivity contribution in [3.8, 4) is 0 Å². The average molecular weight is 420 g/mol. The molecule has 158 valence electrons. The van der Waals surface area contributed by atoms with E-state index in [-0.39, 0.29) is 12.0 Å². The molecule has 0 saturated carbocycles. The number of hydrogen-bond donors (Lipinski definition) is 1. The Morgan fingerprint density at radius 3 is 2.63 bits per heavy atom. The number of halogens is 3. The summed E-state index contributed by atoms with van der Waals surface area (Å²) in [6.07, 6.45) is 4.91. The number of carbonyl (C=O) groups excluding carboxylic acids is 2. The van der Waals surface area contributed by atoms with Crippen molar-refractivity contribution in [3.05, 3.63) is 65.6 Å². The number of carbonyl (C=O) groups is 2. The highest BCUT2D eigenvalue weighted by atomic mass is 19.4. The van der Waals surface area contributed by atoms with E-state index in [2.05, 4.69) is 9.84 Å². The quantitative estimate of drug-likeness (QED) is 0.561. The molecule has 0 bridgehead atoms. The van der Waals surface area contributed by atoms with Crippen molar-refractivity contribution in [2.45, 2.75) is 31.4 Å². The van der Waals surface area contributed by atoms with Crippen molar-refractivity contribution in [2.24, 2.45) is 10.8 Å². The van der Waals surface area contributed by atoms with Gasteiger partial charge in [0.2, 0.25) is 17.4 Å². The maximum absolute atomic E-state index is 13.5. The average Bonchev–Trinajstić information content (AvgIpc) is 3.06. The second kappa shape index (κ2) is 7.56. The number of alkyl halides is 3. The predicted octanol–water partition coefficient (Wildman–Crippen LogP) is 3.83. The second-order valence-corrected chi connectivity index (χ2v) is 7.25. The summed E-state index contributed by atoms with van der Waals surface area (Å²) in [5.74, 6) is -1.39. The van der Waals surface area contributed by atoms with Crippen LogP contribution in [0.4, 0.5) is 18.9 Å². The molecule has 2 N–H and O–H groups in total. The predicted molar refractivity (Wildman–Crippen MR) is 106 cm³/mol. The number of benzene rings is 1. The van der Waals surface area contributed by atoms with E-state index < -0.39 is 33.6 Å². The molecular formula is C21H21F3N3O3+. The van der Waals surface area contributed by atoms with Gasteiger partial charge in [0.25, 0.3) is 6.47 Å². The minimum absolute atomic E-state index is 0.0777. The molecule has 2 atom stereocenters. The van der Waals surface area contributed by atoms with Gasteiger partial charge in [-0.25, -0.2) is 0 Å². The third-order valence-corrected chi connectivity index (χ3v) is 5.42. The van der Waals surface area contributed by atoms with Crippen LogP contribution in [0.5, 0.6) is 0 Å². The highest BCUT2D eigenvalue weighted by Gasteiger charge is 2.51. The van der Waals surface area contributed by atoms with E-state index in [1.54, 1.807) is 18.2 Å². The number of hydrogen-bond acceptors (Lipinski definition) is 4. The van der Waals surface area contributed by atoms with Gasteiger partial charge in [0.15, 0.2) is 11.9 Å². The number of nitrogens with zero attached hydrogens (tertiary/aromatic N) is 2. The first-order valence-electron chi connectivity index (χ1n) is 9.23. The fourth-order valence-electron chi connectivity index (χ4n) is 3.97. The molecule has 0 fully saturated rings. The zero-order valence-electron chi connectivity index (χ0n) is 16.4. The van der Waals surface area contributed by atoms with Crippen LogP contribution in [0, 0.1) is 0 Å². The summed E-state index contributed by atoms with van der Waals surface area (Å²) in [4.78, 5) is 23.0. The Balaban J connectivity index is 2.32. The van der Waals surface area contributed by atoms with E-state index in [1.165, 1.54) is 7.05 Å². The van der Waals surface area contributed by atoms with Crippen molar-refractivity contribution >= 4 is 23.8 Å². The van der Waals surface area contributed by atoms with Crippen LogP contribution in [0.25, 0.3) is 0 Å². The van der Waals surface area contributed by atoms with Crippen LogP contribution >= 0.6 is 0 Å². The molecule has 1 aliphatic carbocycles. The van der Waals surface area contributed by atoms with Gasteiger partial charge < -0.3 is 10.5 Å². The van der Waals surface area contributed by atoms with Gasteiger partial charge in [-0.15, -0.1) is 4.59 Å². The van der Waals surface area contributed by atoms with Crippen LogP contribution in [0.3, 0.4) is 0 Å². The van der Waals surface area contributed by atoms with Crippen LogP contribution < -0.4 is 10.3 Å². The molecule has 1 aromatic rings. The largest absolute Gasteiger partial charge is 0.442 e. The van der Waals surface area contributed by atoms with Crippen molar-refractivity contribution in [1.29, 1.82) is 0 Å². The van der Waals surface area contributed by atoms with Crippen LogP contribution in [0.2, 0.25) is 0 Å². The number of quaternary nitrogens is 1. The Morgan fingerprint density at radius 2 is 2.10 bits per heavy atom. The smallest absolute Gasteiger partial charge is 0.420 e.